The number of aryl methyl sites for hydroxylation is 3. The molecule has 1 aliphatic rings. The van der Waals surface area contributed by atoms with Gasteiger partial charge in [0, 0.05) is 5.56 Å². The number of hydrogen-bond donors (Lipinski definition) is 1. The van der Waals surface area contributed by atoms with E-state index in [1.54, 1.807) is 11.3 Å². The molecule has 0 radical (unpaired) electrons. The lowest BCUT2D eigenvalue weighted by Gasteiger charge is -2.27. The summed E-state index contributed by atoms with van der Waals surface area (Å²) in [5.74, 6) is 0.0376. The summed E-state index contributed by atoms with van der Waals surface area (Å²) in [6.07, 6.45) is 0. The number of fused-ring (bicyclic) bond motifs is 1. The number of benzene rings is 2. The number of hydrogen-bond acceptors (Lipinski definition) is 4. The largest absolute Gasteiger partial charge is 0.370 e. The molecule has 1 saturated heterocycles. The van der Waals surface area contributed by atoms with E-state index in [9.17, 15) is 4.79 Å². The molecule has 0 unspecified atom stereocenters. The number of nitrogens with zero attached hydrogens (tertiary/aromatic N) is 2. The number of rotatable bonds is 5. The number of morpholine rings is 1. The van der Waals surface area contributed by atoms with E-state index in [4.69, 9.17) is 9.72 Å². The SMILES string of the molecule is Cc1ccc(C)c(C(=O)N(CC[NH+]2CCOCC2)c2nc3c(C)cccc3s2)c1. The quantitative estimate of drug-likeness (QED) is 0.704. The van der Waals surface area contributed by atoms with Gasteiger partial charge in [-0.3, -0.25) is 9.69 Å². The maximum absolute atomic E-state index is 13.6. The highest BCUT2D eigenvalue weighted by molar-refractivity contribution is 7.22. The van der Waals surface area contributed by atoms with E-state index in [2.05, 4.69) is 25.1 Å². The highest BCUT2D eigenvalue weighted by Gasteiger charge is 2.25. The number of carbonyl (C=O) groups excluding carboxylic acids is 1. The lowest BCUT2D eigenvalue weighted by molar-refractivity contribution is -0.906. The molecule has 4 rings (SSSR count). The van der Waals surface area contributed by atoms with Gasteiger partial charge < -0.3 is 9.64 Å². The van der Waals surface area contributed by atoms with Gasteiger partial charge in [-0.05, 0) is 44.0 Å². The molecule has 0 spiro atoms. The van der Waals surface area contributed by atoms with Crippen LogP contribution >= 0.6 is 11.3 Å². The molecule has 1 N–H and O–H groups in total. The van der Waals surface area contributed by atoms with Crippen molar-refractivity contribution in [2.75, 3.05) is 44.3 Å². The molecular formula is C23H28N3O2S+. The van der Waals surface area contributed by atoms with Crippen LogP contribution in [0.5, 0.6) is 0 Å². The second-order valence-electron chi connectivity index (χ2n) is 7.81. The first-order chi connectivity index (χ1) is 14.0. The van der Waals surface area contributed by atoms with Crippen LogP contribution in [-0.4, -0.2) is 50.3 Å². The van der Waals surface area contributed by atoms with Crippen LogP contribution in [-0.2, 0) is 4.74 Å². The van der Waals surface area contributed by atoms with Gasteiger partial charge in [-0.1, -0.05) is 41.2 Å². The summed E-state index contributed by atoms with van der Waals surface area (Å²) in [5, 5.41) is 0.785. The van der Waals surface area contributed by atoms with Gasteiger partial charge in [-0.2, -0.15) is 0 Å². The van der Waals surface area contributed by atoms with Gasteiger partial charge in [0.2, 0.25) is 0 Å². The summed E-state index contributed by atoms with van der Waals surface area (Å²) in [7, 11) is 0. The molecule has 29 heavy (non-hydrogen) atoms. The van der Waals surface area contributed by atoms with E-state index in [-0.39, 0.29) is 5.91 Å². The predicted octanol–water partition coefficient (Wildman–Crippen LogP) is 2.78. The number of carbonyl (C=O) groups is 1. The summed E-state index contributed by atoms with van der Waals surface area (Å²) in [6, 6.07) is 12.3. The zero-order chi connectivity index (χ0) is 20.4. The summed E-state index contributed by atoms with van der Waals surface area (Å²) in [4.78, 5) is 21.8. The van der Waals surface area contributed by atoms with Crippen molar-refractivity contribution in [3.8, 4) is 0 Å². The standard InChI is InChI=1S/C23H27N3O2S/c1-16-7-8-17(2)19(15-16)22(27)26(10-9-25-11-13-28-14-12-25)23-24-21-18(3)5-4-6-20(21)29-23/h4-8,15H,9-14H2,1-3H3/p+1. The van der Waals surface area contributed by atoms with E-state index in [1.807, 2.05) is 36.9 Å². The second kappa shape index (κ2) is 8.61. The first kappa shape index (κ1) is 20.0. The van der Waals surface area contributed by atoms with E-state index in [0.29, 0.717) is 6.54 Å². The minimum absolute atomic E-state index is 0.0376. The highest BCUT2D eigenvalue weighted by atomic mass is 32.1. The molecule has 2 heterocycles. The molecule has 152 valence electrons. The van der Waals surface area contributed by atoms with Gasteiger partial charge in [-0.25, -0.2) is 4.98 Å². The molecule has 2 aromatic carbocycles. The average Bonchev–Trinajstić information content (AvgIpc) is 3.16. The van der Waals surface area contributed by atoms with Crippen LogP contribution in [0.15, 0.2) is 36.4 Å². The Morgan fingerprint density at radius 1 is 1.14 bits per heavy atom. The molecule has 0 atom stereocenters. The first-order valence-corrected chi connectivity index (χ1v) is 11.0. The zero-order valence-electron chi connectivity index (χ0n) is 17.3. The monoisotopic (exact) mass is 410 g/mol. The fourth-order valence-electron chi connectivity index (χ4n) is 3.77. The van der Waals surface area contributed by atoms with Crippen molar-refractivity contribution in [2.45, 2.75) is 20.8 Å². The Morgan fingerprint density at radius 3 is 2.69 bits per heavy atom. The fraction of sp³-hybridized carbons (Fsp3) is 0.391. The molecule has 1 amide bonds. The third-order valence-corrected chi connectivity index (χ3v) is 6.64. The summed E-state index contributed by atoms with van der Waals surface area (Å²) < 4.78 is 6.60. The van der Waals surface area contributed by atoms with Gasteiger partial charge in [0.25, 0.3) is 5.91 Å². The molecule has 1 aromatic heterocycles. The van der Waals surface area contributed by atoms with Crippen molar-refractivity contribution in [2.24, 2.45) is 0 Å². The summed E-state index contributed by atoms with van der Waals surface area (Å²) >= 11 is 1.60. The van der Waals surface area contributed by atoms with Crippen molar-refractivity contribution in [3.63, 3.8) is 0 Å². The molecule has 1 fully saturated rings. The van der Waals surface area contributed by atoms with Crippen molar-refractivity contribution in [3.05, 3.63) is 58.7 Å². The third-order valence-electron chi connectivity index (χ3n) is 5.60. The molecular weight excluding hydrogens is 382 g/mol. The number of thiazole rings is 1. The maximum atomic E-state index is 13.6. The van der Waals surface area contributed by atoms with Gasteiger partial charge in [-0.15, -0.1) is 0 Å². The number of anilines is 1. The number of aromatic nitrogens is 1. The third kappa shape index (κ3) is 4.34. The van der Waals surface area contributed by atoms with Gasteiger partial charge in [0.15, 0.2) is 5.13 Å². The summed E-state index contributed by atoms with van der Waals surface area (Å²) in [6.45, 7) is 11.2. The van der Waals surface area contributed by atoms with Crippen molar-refractivity contribution in [1.29, 1.82) is 0 Å². The zero-order valence-corrected chi connectivity index (χ0v) is 18.1. The van der Waals surface area contributed by atoms with Crippen molar-refractivity contribution >= 4 is 32.6 Å². The van der Waals surface area contributed by atoms with Gasteiger partial charge in [0.1, 0.15) is 13.1 Å². The van der Waals surface area contributed by atoms with E-state index in [1.165, 1.54) is 4.90 Å². The molecule has 1 aliphatic heterocycles. The number of amides is 1. The molecule has 0 saturated carbocycles. The summed E-state index contributed by atoms with van der Waals surface area (Å²) in [5.41, 5.74) is 4.99. The number of nitrogens with one attached hydrogen (secondary N) is 1. The average molecular weight is 411 g/mol. The Balaban J connectivity index is 1.68. The number of para-hydroxylation sites is 1. The Kier molecular flexibility index (Phi) is 5.94. The Bertz CT molecular complexity index is 1020. The first-order valence-electron chi connectivity index (χ1n) is 10.2. The van der Waals surface area contributed by atoms with Crippen LogP contribution in [0.2, 0.25) is 0 Å². The fourth-order valence-corrected chi connectivity index (χ4v) is 4.83. The molecule has 0 bridgehead atoms. The van der Waals surface area contributed by atoms with Crippen LogP contribution in [0.1, 0.15) is 27.0 Å². The lowest BCUT2D eigenvalue weighted by Crippen LogP contribution is -3.14. The van der Waals surface area contributed by atoms with Gasteiger partial charge in [0.05, 0.1) is 36.5 Å². The van der Waals surface area contributed by atoms with Crippen LogP contribution < -0.4 is 9.80 Å². The second-order valence-corrected chi connectivity index (χ2v) is 8.81. The topological polar surface area (TPSA) is 46.9 Å². The van der Waals surface area contributed by atoms with E-state index < -0.39 is 0 Å². The molecule has 5 nitrogen and oxygen atoms in total. The minimum Gasteiger partial charge on any atom is -0.370 e. The smallest absolute Gasteiger partial charge is 0.260 e. The predicted molar refractivity (Wildman–Crippen MR) is 118 cm³/mol. The molecule has 6 heteroatoms. The number of ether oxygens (including phenoxy) is 1. The van der Waals surface area contributed by atoms with E-state index >= 15 is 0 Å². The van der Waals surface area contributed by atoms with Crippen LogP contribution in [0, 0.1) is 20.8 Å². The Hall–Kier alpha value is -2.28. The van der Waals surface area contributed by atoms with Crippen LogP contribution in [0.3, 0.4) is 0 Å². The van der Waals surface area contributed by atoms with Crippen LogP contribution in [0.4, 0.5) is 5.13 Å². The van der Waals surface area contributed by atoms with E-state index in [0.717, 1.165) is 70.5 Å². The van der Waals surface area contributed by atoms with Crippen molar-refractivity contribution in [1.82, 2.24) is 4.98 Å². The molecule has 3 aromatic rings. The number of quaternary nitrogens is 1. The van der Waals surface area contributed by atoms with Crippen LogP contribution in [0.25, 0.3) is 10.2 Å². The van der Waals surface area contributed by atoms with Gasteiger partial charge >= 0.3 is 0 Å². The minimum atomic E-state index is 0.0376. The maximum Gasteiger partial charge on any atom is 0.260 e. The highest BCUT2D eigenvalue weighted by Crippen LogP contribution is 2.31. The normalized spacial score (nSPS) is 15.0. The lowest BCUT2D eigenvalue weighted by atomic mass is 10.0. The molecule has 0 aliphatic carbocycles. The Morgan fingerprint density at radius 2 is 1.93 bits per heavy atom. The Labute approximate surface area is 175 Å². The van der Waals surface area contributed by atoms with Crippen molar-refractivity contribution < 1.29 is 14.4 Å².